The summed E-state index contributed by atoms with van der Waals surface area (Å²) in [6.45, 7) is 7.63. The molecule has 4 heteroatoms. The second kappa shape index (κ2) is 5.59. The monoisotopic (exact) mass is 263 g/mol. The van der Waals surface area contributed by atoms with E-state index in [1.165, 1.54) is 12.1 Å². The molecule has 1 amide bonds. The number of amides is 1. The van der Waals surface area contributed by atoms with Crippen molar-refractivity contribution in [3.05, 3.63) is 33.9 Å². The van der Waals surface area contributed by atoms with Gasteiger partial charge < -0.3 is 9.32 Å². The normalized spacial score (nSPS) is 16.9. The maximum atomic E-state index is 12.3. The molecule has 2 rings (SSSR count). The lowest BCUT2D eigenvalue weighted by Crippen LogP contribution is -2.39. The summed E-state index contributed by atoms with van der Waals surface area (Å²) in [5.41, 5.74) is -0.177. The molecule has 104 valence electrons. The molecule has 1 aromatic heterocycles. The van der Waals surface area contributed by atoms with Crippen LogP contribution in [0.5, 0.6) is 0 Å². The molecule has 0 N–H and O–H groups in total. The largest absolute Gasteiger partial charge is 0.456 e. The zero-order chi connectivity index (χ0) is 14.0. The summed E-state index contributed by atoms with van der Waals surface area (Å²) in [5, 5.41) is 0. The first kappa shape index (κ1) is 13.8. The molecule has 0 aromatic carbocycles. The van der Waals surface area contributed by atoms with Gasteiger partial charge in [-0.05, 0) is 31.6 Å². The van der Waals surface area contributed by atoms with Crippen molar-refractivity contribution in [3.63, 3.8) is 0 Å². The number of aryl methyl sites for hydroxylation is 1. The van der Waals surface area contributed by atoms with Gasteiger partial charge in [-0.1, -0.05) is 13.8 Å². The number of carbonyl (C=O) groups excluding carboxylic acids is 1. The number of rotatable bonds is 2. The van der Waals surface area contributed by atoms with E-state index in [2.05, 4.69) is 13.8 Å². The van der Waals surface area contributed by atoms with Crippen molar-refractivity contribution in [2.75, 3.05) is 13.1 Å². The van der Waals surface area contributed by atoms with E-state index < -0.39 is 0 Å². The molecule has 0 atom stereocenters. The molecule has 2 heterocycles. The fourth-order valence-electron chi connectivity index (χ4n) is 2.63. The number of piperidine rings is 1. The van der Waals surface area contributed by atoms with Crippen LogP contribution in [0.25, 0.3) is 0 Å². The summed E-state index contributed by atoms with van der Waals surface area (Å²) in [4.78, 5) is 25.5. The van der Waals surface area contributed by atoms with Crippen LogP contribution in [0.1, 0.15) is 43.0 Å². The topological polar surface area (TPSA) is 50.5 Å². The molecule has 4 nitrogen and oxygen atoms in total. The van der Waals surface area contributed by atoms with Crippen LogP contribution >= 0.6 is 0 Å². The Balaban J connectivity index is 2.07. The van der Waals surface area contributed by atoms with E-state index in [-0.39, 0.29) is 17.1 Å². The molecule has 1 fully saturated rings. The Kier molecular flexibility index (Phi) is 4.08. The van der Waals surface area contributed by atoms with Crippen LogP contribution in [-0.4, -0.2) is 23.9 Å². The van der Waals surface area contributed by atoms with Crippen LogP contribution in [0.15, 0.2) is 21.3 Å². The smallest absolute Gasteiger partial charge is 0.289 e. The first-order valence-corrected chi connectivity index (χ1v) is 6.88. The van der Waals surface area contributed by atoms with E-state index in [4.69, 9.17) is 4.42 Å². The molecule has 0 radical (unpaired) electrons. The van der Waals surface area contributed by atoms with Gasteiger partial charge >= 0.3 is 0 Å². The van der Waals surface area contributed by atoms with E-state index in [1.807, 2.05) is 0 Å². The molecule has 0 aliphatic carbocycles. The second-order valence-electron chi connectivity index (χ2n) is 5.64. The highest BCUT2D eigenvalue weighted by Crippen LogP contribution is 2.25. The van der Waals surface area contributed by atoms with Crippen molar-refractivity contribution in [2.45, 2.75) is 33.6 Å². The Hall–Kier alpha value is -1.58. The van der Waals surface area contributed by atoms with Crippen LogP contribution in [0.4, 0.5) is 0 Å². The molecule has 0 bridgehead atoms. The molecular weight excluding hydrogens is 242 g/mol. The van der Waals surface area contributed by atoms with Crippen molar-refractivity contribution in [3.8, 4) is 0 Å². The fourth-order valence-corrected chi connectivity index (χ4v) is 2.63. The van der Waals surface area contributed by atoms with Crippen molar-refractivity contribution in [1.82, 2.24) is 4.90 Å². The van der Waals surface area contributed by atoms with Crippen LogP contribution < -0.4 is 5.43 Å². The third-order valence-electron chi connectivity index (χ3n) is 3.87. The second-order valence-corrected chi connectivity index (χ2v) is 5.64. The zero-order valence-electron chi connectivity index (χ0n) is 11.8. The maximum Gasteiger partial charge on any atom is 0.289 e. The summed E-state index contributed by atoms with van der Waals surface area (Å²) in [6, 6.07) is 2.67. The van der Waals surface area contributed by atoms with Gasteiger partial charge in [0, 0.05) is 25.2 Å². The summed E-state index contributed by atoms with van der Waals surface area (Å²) >= 11 is 0. The molecule has 0 unspecified atom stereocenters. The molecule has 1 saturated heterocycles. The highest BCUT2D eigenvalue weighted by atomic mass is 16.3. The third-order valence-corrected chi connectivity index (χ3v) is 3.87. The van der Waals surface area contributed by atoms with E-state index in [9.17, 15) is 9.59 Å². The fraction of sp³-hybridized carbons (Fsp3) is 0.600. The van der Waals surface area contributed by atoms with Gasteiger partial charge in [0.2, 0.25) is 0 Å². The number of hydrogen-bond acceptors (Lipinski definition) is 3. The maximum absolute atomic E-state index is 12.3. The lowest BCUT2D eigenvalue weighted by Gasteiger charge is -2.33. The minimum absolute atomic E-state index is 0.160. The highest BCUT2D eigenvalue weighted by Gasteiger charge is 2.26. The number of likely N-dealkylation sites (tertiary alicyclic amines) is 1. The molecule has 1 aliphatic heterocycles. The first-order chi connectivity index (χ1) is 8.97. The minimum Gasteiger partial charge on any atom is -0.456 e. The molecule has 0 saturated carbocycles. The summed E-state index contributed by atoms with van der Waals surface area (Å²) < 4.78 is 5.36. The number of carbonyl (C=O) groups is 1. The van der Waals surface area contributed by atoms with Gasteiger partial charge in [0.25, 0.3) is 5.91 Å². The lowest BCUT2D eigenvalue weighted by atomic mass is 9.86. The van der Waals surface area contributed by atoms with Crippen LogP contribution in [-0.2, 0) is 0 Å². The van der Waals surface area contributed by atoms with Crippen LogP contribution in [0, 0.1) is 18.8 Å². The standard InChI is InChI=1S/C15H21NO3/c1-10(2)12-4-6-16(7-5-12)15(18)14-9-13(17)8-11(3)19-14/h8-10,12H,4-7H2,1-3H3. The molecule has 19 heavy (non-hydrogen) atoms. The van der Waals surface area contributed by atoms with Crippen molar-refractivity contribution >= 4 is 5.91 Å². The Morgan fingerprint density at radius 3 is 2.47 bits per heavy atom. The molecule has 0 spiro atoms. The Morgan fingerprint density at radius 2 is 1.95 bits per heavy atom. The van der Waals surface area contributed by atoms with E-state index in [1.54, 1.807) is 11.8 Å². The van der Waals surface area contributed by atoms with Gasteiger partial charge in [0.05, 0.1) is 0 Å². The van der Waals surface area contributed by atoms with Gasteiger partial charge in [0.15, 0.2) is 11.2 Å². The van der Waals surface area contributed by atoms with Crippen molar-refractivity contribution in [2.24, 2.45) is 11.8 Å². The predicted molar refractivity (Wildman–Crippen MR) is 73.2 cm³/mol. The van der Waals surface area contributed by atoms with Gasteiger partial charge in [-0.2, -0.15) is 0 Å². The van der Waals surface area contributed by atoms with Crippen LogP contribution in [0.2, 0.25) is 0 Å². The average molecular weight is 263 g/mol. The van der Waals surface area contributed by atoms with Gasteiger partial charge in [-0.25, -0.2) is 0 Å². The Morgan fingerprint density at radius 1 is 1.32 bits per heavy atom. The van der Waals surface area contributed by atoms with Crippen molar-refractivity contribution in [1.29, 1.82) is 0 Å². The Labute approximate surface area is 113 Å². The first-order valence-electron chi connectivity index (χ1n) is 6.88. The van der Waals surface area contributed by atoms with Crippen LogP contribution in [0.3, 0.4) is 0 Å². The average Bonchev–Trinajstić information content (AvgIpc) is 2.37. The van der Waals surface area contributed by atoms with Gasteiger partial charge in [0.1, 0.15) is 5.76 Å². The van der Waals surface area contributed by atoms with E-state index in [0.717, 1.165) is 25.9 Å². The third kappa shape index (κ3) is 3.25. The quantitative estimate of drug-likeness (QED) is 0.823. The van der Waals surface area contributed by atoms with Crippen molar-refractivity contribution < 1.29 is 9.21 Å². The molecular formula is C15H21NO3. The Bertz CT molecular complexity index is 510. The highest BCUT2D eigenvalue weighted by molar-refractivity contribution is 5.91. The summed E-state index contributed by atoms with van der Waals surface area (Å²) in [6.07, 6.45) is 2.05. The SMILES string of the molecule is Cc1cc(=O)cc(C(=O)N2CCC(C(C)C)CC2)o1. The molecule has 1 aliphatic rings. The zero-order valence-corrected chi connectivity index (χ0v) is 11.8. The molecule has 1 aromatic rings. The summed E-state index contributed by atoms with van der Waals surface area (Å²) in [7, 11) is 0. The van der Waals surface area contributed by atoms with Gasteiger partial charge in [-0.15, -0.1) is 0 Å². The summed E-state index contributed by atoms with van der Waals surface area (Å²) in [5.74, 6) is 1.83. The number of nitrogens with zero attached hydrogens (tertiary/aromatic N) is 1. The lowest BCUT2D eigenvalue weighted by molar-refractivity contribution is 0.0631. The predicted octanol–water partition coefficient (Wildman–Crippen LogP) is 2.46. The number of hydrogen-bond donors (Lipinski definition) is 0. The van der Waals surface area contributed by atoms with Gasteiger partial charge in [-0.3, -0.25) is 9.59 Å². The van der Waals surface area contributed by atoms with E-state index in [0.29, 0.717) is 17.6 Å². The van der Waals surface area contributed by atoms with E-state index >= 15 is 0 Å². The minimum atomic E-state index is -0.177.